The van der Waals surface area contributed by atoms with E-state index in [9.17, 15) is 22.0 Å². The number of benzene rings is 2. The fraction of sp³-hybridized carbons (Fsp3) is 0.381. The van der Waals surface area contributed by atoms with Crippen LogP contribution < -0.4 is 14.2 Å². The lowest BCUT2D eigenvalue weighted by Gasteiger charge is -2.18. The maximum atomic E-state index is 13.5. The lowest BCUT2D eigenvalue weighted by molar-refractivity contribution is -0.145. The molecule has 0 aliphatic carbocycles. The number of sulfonamides is 1. The average molecular weight is 455 g/mol. The Morgan fingerprint density at radius 2 is 1.81 bits per heavy atom. The number of unbranched alkanes of at least 4 members (excludes halogenated alkanes) is 2. The van der Waals surface area contributed by atoms with Crippen LogP contribution in [0.25, 0.3) is 0 Å². The highest BCUT2D eigenvalue weighted by atomic mass is 32.2. The molecule has 10 heteroatoms. The molecule has 1 aliphatic rings. The predicted octanol–water partition coefficient (Wildman–Crippen LogP) is 3.32. The molecule has 3 rings (SSSR count). The molecule has 0 radical (unpaired) electrons. The Kier molecular flexibility index (Phi) is 7.80. The number of rotatable bonds is 10. The third-order valence-corrected chi connectivity index (χ3v) is 6.05. The summed E-state index contributed by atoms with van der Waals surface area (Å²) in [5.74, 6) is -1.64. The van der Waals surface area contributed by atoms with Crippen molar-refractivity contribution in [3.05, 3.63) is 53.6 Å². The normalized spacial score (nSPS) is 13.1. The Morgan fingerprint density at radius 3 is 2.61 bits per heavy atom. The van der Waals surface area contributed by atoms with Crippen molar-refractivity contribution in [2.24, 2.45) is 0 Å². The van der Waals surface area contributed by atoms with Crippen LogP contribution in [0.2, 0.25) is 0 Å². The van der Waals surface area contributed by atoms with Crippen LogP contribution in [0, 0.1) is 11.6 Å². The van der Waals surface area contributed by atoms with Gasteiger partial charge in [-0.3, -0.25) is 4.79 Å². The first kappa shape index (κ1) is 23.0. The summed E-state index contributed by atoms with van der Waals surface area (Å²) >= 11 is 0. The van der Waals surface area contributed by atoms with E-state index in [2.05, 4.69) is 4.72 Å². The molecule has 1 aliphatic heterocycles. The molecule has 0 unspecified atom stereocenters. The van der Waals surface area contributed by atoms with Gasteiger partial charge in [0, 0.05) is 24.6 Å². The summed E-state index contributed by atoms with van der Waals surface area (Å²) in [6.45, 7) is 0.661. The topological polar surface area (TPSA) is 90.9 Å². The summed E-state index contributed by atoms with van der Waals surface area (Å²) in [5.41, 5.74) is -0.0260. The molecular weight excluding hydrogens is 432 g/mol. The summed E-state index contributed by atoms with van der Waals surface area (Å²) in [5, 5.41) is 0. The summed E-state index contributed by atoms with van der Waals surface area (Å²) in [4.78, 5) is 11.8. The first-order valence-electron chi connectivity index (χ1n) is 9.84. The number of carbonyl (C=O) groups is 1. The summed E-state index contributed by atoms with van der Waals surface area (Å²) in [6, 6.07) is 8.11. The van der Waals surface area contributed by atoms with Gasteiger partial charge in [-0.1, -0.05) is 18.6 Å². The number of fused-ring (bicyclic) bond motifs is 1. The minimum atomic E-state index is -3.69. The van der Waals surface area contributed by atoms with Crippen LogP contribution in [-0.2, 0) is 26.2 Å². The highest BCUT2D eigenvalue weighted by Crippen LogP contribution is 2.32. The van der Waals surface area contributed by atoms with Gasteiger partial charge in [0.1, 0.15) is 19.8 Å². The van der Waals surface area contributed by atoms with Crippen LogP contribution in [0.4, 0.5) is 8.78 Å². The highest BCUT2D eigenvalue weighted by molar-refractivity contribution is 7.89. The predicted molar refractivity (Wildman–Crippen MR) is 107 cm³/mol. The number of hydrogen-bond donors (Lipinski definition) is 1. The van der Waals surface area contributed by atoms with Crippen LogP contribution in [-0.4, -0.2) is 34.1 Å². The van der Waals surface area contributed by atoms with E-state index in [-0.39, 0.29) is 30.0 Å². The Morgan fingerprint density at radius 1 is 1.03 bits per heavy atom. The van der Waals surface area contributed by atoms with Crippen LogP contribution in [0.15, 0.2) is 41.3 Å². The van der Waals surface area contributed by atoms with Gasteiger partial charge in [-0.2, -0.15) is 0 Å². The van der Waals surface area contributed by atoms with Crippen LogP contribution in [0.3, 0.4) is 0 Å². The molecular formula is C21H23F2NO6S. The van der Waals surface area contributed by atoms with Gasteiger partial charge in [0.2, 0.25) is 10.0 Å². The van der Waals surface area contributed by atoms with Crippen molar-refractivity contribution in [1.82, 2.24) is 4.72 Å². The lowest BCUT2D eigenvalue weighted by Crippen LogP contribution is -2.25. The molecule has 1 heterocycles. The maximum absolute atomic E-state index is 13.5. The van der Waals surface area contributed by atoms with Gasteiger partial charge in [-0.25, -0.2) is 21.9 Å². The quantitative estimate of drug-likeness (QED) is 0.437. The Bertz CT molecular complexity index is 1030. The van der Waals surface area contributed by atoms with Gasteiger partial charge < -0.3 is 14.2 Å². The molecule has 0 fully saturated rings. The van der Waals surface area contributed by atoms with Crippen LogP contribution in [0.5, 0.6) is 11.5 Å². The van der Waals surface area contributed by atoms with Gasteiger partial charge in [0.15, 0.2) is 23.1 Å². The van der Waals surface area contributed by atoms with Crippen LogP contribution >= 0.6 is 0 Å². The van der Waals surface area contributed by atoms with Gasteiger partial charge in [0.25, 0.3) is 0 Å². The monoisotopic (exact) mass is 455 g/mol. The number of esters is 1. The maximum Gasteiger partial charge on any atom is 0.306 e. The summed E-state index contributed by atoms with van der Waals surface area (Å²) < 4.78 is 69.6. The summed E-state index contributed by atoms with van der Waals surface area (Å²) in [6.07, 6.45) is 1.70. The zero-order valence-corrected chi connectivity index (χ0v) is 17.6. The van der Waals surface area contributed by atoms with Crippen molar-refractivity contribution >= 4 is 16.0 Å². The van der Waals surface area contributed by atoms with Gasteiger partial charge in [0.05, 0.1) is 4.90 Å². The largest absolute Gasteiger partial charge is 0.486 e. The molecule has 31 heavy (non-hydrogen) atoms. The van der Waals surface area contributed by atoms with E-state index in [1.807, 2.05) is 0 Å². The third-order valence-electron chi connectivity index (χ3n) is 4.59. The standard InChI is InChI=1S/C21H23F2NO6S/c22-17-6-4-5-15(21(17)23)14-30-20(25)7-2-1-3-10-24-31(26,27)16-8-9-18-19(13-16)29-12-11-28-18/h4-6,8-9,13,24H,1-3,7,10-12,14H2. The molecule has 0 saturated carbocycles. The van der Waals surface area contributed by atoms with Crippen LogP contribution in [0.1, 0.15) is 31.2 Å². The molecule has 0 atom stereocenters. The van der Waals surface area contributed by atoms with E-state index in [0.717, 1.165) is 6.07 Å². The van der Waals surface area contributed by atoms with Crippen molar-refractivity contribution in [2.75, 3.05) is 19.8 Å². The molecule has 0 bridgehead atoms. The second-order valence-electron chi connectivity index (χ2n) is 6.89. The van der Waals surface area contributed by atoms with E-state index < -0.39 is 27.6 Å². The molecule has 168 valence electrons. The van der Waals surface area contributed by atoms with Crippen molar-refractivity contribution < 1.29 is 36.2 Å². The lowest BCUT2D eigenvalue weighted by atomic mass is 10.2. The third kappa shape index (κ3) is 6.38. The molecule has 0 amide bonds. The molecule has 1 N–H and O–H groups in total. The van der Waals surface area contributed by atoms with Gasteiger partial charge in [-0.05, 0) is 31.0 Å². The first-order chi connectivity index (χ1) is 14.9. The molecule has 2 aromatic rings. The van der Waals surface area contributed by atoms with Crippen molar-refractivity contribution in [2.45, 2.75) is 37.2 Å². The molecule has 7 nitrogen and oxygen atoms in total. The van der Waals surface area contributed by atoms with E-state index in [1.54, 1.807) is 6.07 Å². The number of halogens is 2. The van der Waals surface area contributed by atoms with E-state index in [4.69, 9.17) is 14.2 Å². The Balaban J connectivity index is 1.34. The second kappa shape index (κ2) is 10.5. The number of carbonyl (C=O) groups excluding carboxylic acids is 1. The molecule has 0 aromatic heterocycles. The molecule has 0 saturated heterocycles. The van der Waals surface area contributed by atoms with E-state index >= 15 is 0 Å². The fourth-order valence-corrected chi connectivity index (χ4v) is 4.03. The SMILES string of the molecule is O=C(CCCCCNS(=O)(=O)c1ccc2c(c1)OCCO2)OCc1cccc(F)c1F. The Labute approximate surface area is 179 Å². The highest BCUT2D eigenvalue weighted by Gasteiger charge is 2.19. The van der Waals surface area contributed by atoms with Crippen molar-refractivity contribution in [1.29, 1.82) is 0 Å². The number of nitrogens with one attached hydrogen (secondary N) is 1. The average Bonchev–Trinajstić information content (AvgIpc) is 2.76. The van der Waals surface area contributed by atoms with Crippen molar-refractivity contribution in [3.8, 4) is 11.5 Å². The zero-order chi connectivity index (χ0) is 22.3. The minimum absolute atomic E-state index is 0.0260. The van der Waals surface area contributed by atoms with Gasteiger partial charge >= 0.3 is 5.97 Å². The number of ether oxygens (including phenoxy) is 3. The fourth-order valence-electron chi connectivity index (χ4n) is 2.94. The molecule has 2 aromatic carbocycles. The second-order valence-corrected chi connectivity index (χ2v) is 8.65. The molecule has 0 spiro atoms. The smallest absolute Gasteiger partial charge is 0.306 e. The van der Waals surface area contributed by atoms with E-state index in [0.29, 0.717) is 44.0 Å². The summed E-state index contributed by atoms with van der Waals surface area (Å²) in [7, 11) is -3.69. The zero-order valence-electron chi connectivity index (χ0n) is 16.7. The minimum Gasteiger partial charge on any atom is -0.486 e. The van der Waals surface area contributed by atoms with Crippen molar-refractivity contribution in [3.63, 3.8) is 0 Å². The van der Waals surface area contributed by atoms with Gasteiger partial charge in [-0.15, -0.1) is 0 Å². The Hall–Kier alpha value is -2.72. The number of hydrogen-bond acceptors (Lipinski definition) is 6. The van der Waals surface area contributed by atoms with E-state index in [1.165, 1.54) is 24.3 Å². The first-order valence-corrected chi connectivity index (χ1v) is 11.3.